The van der Waals surface area contributed by atoms with Crippen molar-refractivity contribution < 1.29 is 0 Å². The Morgan fingerprint density at radius 1 is 1.25 bits per heavy atom. The molecule has 0 saturated heterocycles. The molecule has 1 aromatic carbocycles. The zero-order valence-electron chi connectivity index (χ0n) is 9.92. The van der Waals surface area contributed by atoms with E-state index in [9.17, 15) is 0 Å². The molecule has 0 aliphatic carbocycles. The molecular formula is C14H16ClN. The molecule has 0 amide bonds. The van der Waals surface area contributed by atoms with E-state index < -0.39 is 0 Å². The number of hydrogen-bond acceptors (Lipinski definition) is 1. The molecular weight excluding hydrogens is 218 g/mol. The Hall–Kier alpha value is -1.08. The first-order valence-corrected chi connectivity index (χ1v) is 5.98. The highest BCUT2D eigenvalue weighted by Crippen LogP contribution is 2.34. The molecule has 1 nitrogen and oxygen atoms in total. The second-order valence-corrected chi connectivity index (χ2v) is 5.14. The van der Waals surface area contributed by atoms with Crippen LogP contribution in [0, 0.1) is 0 Å². The van der Waals surface area contributed by atoms with E-state index in [1.165, 1.54) is 5.56 Å². The van der Waals surface area contributed by atoms with Crippen molar-refractivity contribution in [3.05, 3.63) is 41.0 Å². The van der Waals surface area contributed by atoms with E-state index in [0.29, 0.717) is 0 Å². The molecule has 2 aromatic rings. The summed E-state index contributed by atoms with van der Waals surface area (Å²) >= 11 is 6.18. The van der Waals surface area contributed by atoms with Gasteiger partial charge in [-0.15, -0.1) is 0 Å². The molecule has 0 saturated carbocycles. The third-order valence-corrected chi connectivity index (χ3v) is 3.66. The summed E-state index contributed by atoms with van der Waals surface area (Å²) < 4.78 is 0. The van der Waals surface area contributed by atoms with Crippen molar-refractivity contribution >= 4 is 22.5 Å². The molecule has 1 aromatic heterocycles. The normalized spacial score (nSPS) is 12.0. The Kier molecular flexibility index (Phi) is 2.90. The lowest BCUT2D eigenvalue weighted by Gasteiger charge is -2.24. The Morgan fingerprint density at radius 3 is 2.69 bits per heavy atom. The van der Waals surface area contributed by atoms with Crippen LogP contribution in [0.1, 0.15) is 32.8 Å². The van der Waals surface area contributed by atoms with Crippen LogP contribution in [0.15, 0.2) is 30.5 Å². The highest BCUT2D eigenvalue weighted by molar-refractivity contribution is 6.35. The van der Waals surface area contributed by atoms with Gasteiger partial charge in [-0.2, -0.15) is 0 Å². The quantitative estimate of drug-likeness (QED) is 0.740. The molecule has 0 spiro atoms. The van der Waals surface area contributed by atoms with Crippen molar-refractivity contribution in [1.29, 1.82) is 0 Å². The van der Waals surface area contributed by atoms with E-state index in [4.69, 9.17) is 11.6 Å². The average molecular weight is 234 g/mol. The van der Waals surface area contributed by atoms with E-state index in [-0.39, 0.29) is 5.41 Å². The highest BCUT2D eigenvalue weighted by Gasteiger charge is 2.21. The van der Waals surface area contributed by atoms with E-state index in [1.54, 1.807) is 0 Å². The fourth-order valence-corrected chi connectivity index (χ4v) is 2.09. The number of nitrogens with zero attached hydrogens (tertiary/aromatic N) is 1. The predicted molar refractivity (Wildman–Crippen MR) is 70.1 cm³/mol. The summed E-state index contributed by atoms with van der Waals surface area (Å²) in [4.78, 5) is 4.47. The van der Waals surface area contributed by atoms with Gasteiger partial charge in [-0.25, -0.2) is 0 Å². The van der Waals surface area contributed by atoms with Crippen LogP contribution in [-0.4, -0.2) is 4.98 Å². The second-order valence-electron chi connectivity index (χ2n) is 4.73. The largest absolute Gasteiger partial charge is 0.256 e. The molecule has 0 fully saturated rings. The summed E-state index contributed by atoms with van der Waals surface area (Å²) in [7, 11) is 0. The second kappa shape index (κ2) is 4.06. The van der Waals surface area contributed by atoms with Crippen LogP contribution in [0.25, 0.3) is 10.9 Å². The van der Waals surface area contributed by atoms with Crippen molar-refractivity contribution in [2.75, 3.05) is 0 Å². The van der Waals surface area contributed by atoms with E-state index >= 15 is 0 Å². The van der Waals surface area contributed by atoms with Crippen LogP contribution in [-0.2, 0) is 5.41 Å². The summed E-state index contributed by atoms with van der Waals surface area (Å²) in [5, 5.41) is 1.82. The van der Waals surface area contributed by atoms with Gasteiger partial charge in [-0.05, 0) is 35.6 Å². The minimum atomic E-state index is 0.136. The van der Waals surface area contributed by atoms with Crippen LogP contribution in [0.2, 0.25) is 5.02 Å². The minimum absolute atomic E-state index is 0.136. The van der Waals surface area contributed by atoms with Gasteiger partial charge in [0.25, 0.3) is 0 Å². The van der Waals surface area contributed by atoms with Crippen LogP contribution in [0.3, 0.4) is 0 Å². The molecule has 0 aliphatic rings. The fourth-order valence-electron chi connectivity index (χ4n) is 1.87. The third kappa shape index (κ3) is 1.80. The Morgan fingerprint density at radius 2 is 2.00 bits per heavy atom. The van der Waals surface area contributed by atoms with Crippen LogP contribution in [0.5, 0.6) is 0 Å². The number of hydrogen-bond donors (Lipinski definition) is 0. The van der Waals surface area contributed by atoms with E-state index in [1.807, 2.05) is 24.4 Å². The van der Waals surface area contributed by atoms with Crippen molar-refractivity contribution in [3.8, 4) is 0 Å². The summed E-state index contributed by atoms with van der Waals surface area (Å²) in [6.07, 6.45) is 2.91. The van der Waals surface area contributed by atoms with Gasteiger partial charge in [0.15, 0.2) is 0 Å². The third-order valence-electron chi connectivity index (χ3n) is 3.33. The van der Waals surface area contributed by atoms with Crippen molar-refractivity contribution in [2.24, 2.45) is 0 Å². The summed E-state index contributed by atoms with van der Waals surface area (Å²) in [5.41, 5.74) is 2.44. The molecule has 84 valence electrons. The maximum Gasteiger partial charge on any atom is 0.0754 e. The molecule has 0 aliphatic heterocycles. The van der Waals surface area contributed by atoms with Crippen LogP contribution in [0.4, 0.5) is 0 Å². The molecule has 2 rings (SSSR count). The van der Waals surface area contributed by atoms with Gasteiger partial charge in [0, 0.05) is 16.6 Å². The lowest BCUT2D eigenvalue weighted by molar-refractivity contribution is 0.510. The van der Waals surface area contributed by atoms with Gasteiger partial charge in [0.05, 0.1) is 5.52 Å². The van der Waals surface area contributed by atoms with E-state index in [0.717, 1.165) is 22.3 Å². The molecule has 0 bridgehead atoms. The summed E-state index contributed by atoms with van der Waals surface area (Å²) in [6, 6.07) is 8.02. The molecule has 0 unspecified atom stereocenters. The summed E-state index contributed by atoms with van der Waals surface area (Å²) in [6.45, 7) is 6.68. The number of benzene rings is 1. The van der Waals surface area contributed by atoms with Gasteiger partial charge in [-0.1, -0.05) is 38.4 Å². The topological polar surface area (TPSA) is 12.9 Å². The van der Waals surface area contributed by atoms with Gasteiger partial charge in [0.1, 0.15) is 0 Å². The van der Waals surface area contributed by atoms with Crippen molar-refractivity contribution in [3.63, 3.8) is 0 Å². The number of rotatable bonds is 2. The number of halogens is 1. The van der Waals surface area contributed by atoms with Gasteiger partial charge < -0.3 is 0 Å². The van der Waals surface area contributed by atoms with Crippen molar-refractivity contribution in [2.45, 2.75) is 32.6 Å². The van der Waals surface area contributed by atoms with Gasteiger partial charge in [0.2, 0.25) is 0 Å². The fraction of sp³-hybridized carbons (Fsp3) is 0.357. The Balaban J connectivity index is 2.77. The summed E-state index contributed by atoms with van der Waals surface area (Å²) in [5.74, 6) is 0. The standard InChI is InChI=1S/C14H16ClN/c1-4-14(2,3)11-7-8-12(15)10-6-5-9-16-13(10)11/h5-9H,4H2,1-3H3. The first-order valence-electron chi connectivity index (χ1n) is 5.60. The Labute approximate surface area is 101 Å². The number of pyridine rings is 1. The smallest absolute Gasteiger partial charge is 0.0754 e. The van der Waals surface area contributed by atoms with E-state index in [2.05, 4.69) is 31.8 Å². The molecule has 1 heterocycles. The molecule has 2 heteroatoms. The SMILES string of the molecule is CCC(C)(C)c1ccc(Cl)c2cccnc12. The lowest BCUT2D eigenvalue weighted by atomic mass is 9.81. The molecule has 0 atom stereocenters. The van der Waals surface area contributed by atoms with Gasteiger partial charge in [-0.3, -0.25) is 4.98 Å². The highest BCUT2D eigenvalue weighted by atomic mass is 35.5. The van der Waals surface area contributed by atoms with Crippen LogP contribution < -0.4 is 0 Å². The Bertz CT molecular complexity index is 517. The lowest BCUT2D eigenvalue weighted by Crippen LogP contribution is -2.16. The van der Waals surface area contributed by atoms with Crippen molar-refractivity contribution in [1.82, 2.24) is 4.98 Å². The molecule has 16 heavy (non-hydrogen) atoms. The number of aromatic nitrogens is 1. The monoisotopic (exact) mass is 233 g/mol. The average Bonchev–Trinajstić information content (AvgIpc) is 2.29. The zero-order valence-corrected chi connectivity index (χ0v) is 10.7. The van der Waals surface area contributed by atoms with Gasteiger partial charge >= 0.3 is 0 Å². The maximum absolute atomic E-state index is 6.18. The zero-order chi connectivity index (χ0) is 11.8. The maximum atomic E-state index is 6.18. The van der Waals surface area contributed by atoms with Crippen LogP contribution >= 0.6 is 11.6 Å². The minimum Gasteiger partial charge on any atom is -0.256 e. The number of fused-ring (bicyclic) bond motifs is 1. The first kappa shape index (κ1) is 11.4. The molecule has 0 N–H and O–H groups in total. The molecule has 0 radical (unpaired) electrons. The first-order chi connectivity index (χ1) is 7.56. The predicted octanol–water partition coefficient (Wildman–Crippen LogP) is 4.58.